The summed E-state index contributed by atoms with van der Waals surface area (Å²) in [6, 6.07) is 0.227. The highest BCUT2D eigenvalue weighted by molar-refractivity contribution is 5.78. The number of hydrogen-bond acceptors (Lipinski definition) is 4. The van der Waals surface area contributed by atoms with Crippen molar-refractivity contribution < 1.29 is 14.6 Å². The molecule has 26 heavy (non-hydrogen) atoms. The Morgan fingerprint density at radius 1 is 1.35 bits per heavy atom. The average Bonchev–Trinajstić information content (AvgIpc) is 2.99. The minimum absolute atomic E-state index is 0.184. The van der Waals surface area contributed by atoms with Gasteiger partial charge in [-0.25, -0.2) is 0 Å². The van der Waals surface area contributed by atoms with Gasteiger partial charge in [-0.3, -0.25) is 9.48 Å². The number of hydrogen-bond donors (Lipinski definition) is 1. The van der Waals surface area contributed by atoms with Gasteiger partial charge in [0.2, 0.25) is 5.91 Å². The minimum atomic E-state index is -0.603. The van der Waals surface area contributed by atoms with Crippen LogP contribution in [0.15, 0.2) is 17.3 Å². The van der Waals surface area contributed by atoms with Gasteiger partial charge in [-0.15, -0.1) is 0 Å². The number of carbonyl (C=O) groups is 1. The summed E-state index contributed by atoms with van der Waals surface area (Å²) in [6.45, 7) is 11.6. The summed E-state index contributed by atoms with van der Waals surface area (Å²) in [6.07, 6.45) is 3.81. The van der Waals surface area contributed by atoms with Gasteiger partial charge >= 0.3 is 0 Å². The summed E-state index contributed by atoms with van der Waals surface area (Å²) >= 11 is 0. The molecule has 0 saturated carbocycles. The van der Waals surface area contributed by atoms with Gasteiger partial charge in [0.15, 0.2) is 5.75 Å². The van der Waals surface area contributed by atoms with E-state index in [1.54, 1.807) is 0 Å². The number of likely N-dealkylation sites (tertiary alicyclic amines) is 1. The maximum Gasteiger partial charge on any atom is 0.226 e. The third-order valence-corrected chi connectivity index (χ3v) is 5.76. The molecule has 3 heterocycles. The van der Waals surface area contributed by atoms with Crippen LogP contribution in [0.5, 0.6) is 5.75 Å². The van der Waals surface area contributed by atoms with Crippen molar-refractivity contribution in [1.29, 1.82) is 0 Å². The van der Waals surface area contributed by atoms with E-state index >= 15 is 0 Å². The van der Waals surface area contributed by atoms with Crippen LogP contribution in [0.2, 0.25) is 0 Å². The van der Waals surface area contributed by atoms with E-state index in [-0.39, 0.29) is 17.6 Å². The fraction of sp³-hybridized carbons (Fsp3) is 0.700. The van der Waals surface area contributed by atoms with Crippen molar-refractivity contribution in [2.45, 2.75) is 78.0 Å². The van der Waals surface area contributed by atoms with E-state index in [1.807, 2.05) is 36.5 Å². The summed E-state index contributed by atoms with van der Waals surface area (Å²) in [4.78, 5) is 14.4. The van der Waals surface area contributed by atoms with Gasteiger partial charge in [0.05, 0.1) is 6.20 Å². The zero-order valence-electron chi connectivity index (χ0n) is 16.6. The summed E-state index contributed by atoms with van der Waals surface area (Å²) < 4.78 is 8.16. The highest BCUT2D eigenvalue weighted by Crippen LogP contribution is 2.44. The molecule has 1 spiro atoms. The molecule has 1 aromatic rings. The Kier molecular flexibility index (Phi) is 5.15. The SMILES string of the molecule is CC(C)=C(C)CC(=O)N1CCC2(CC1)CC(O)c1nn(C(C)C)cc1O2. The molecule has 1 fully saturated rings. The number of piperidine rings is 1. The number of amides is 1. The number of aromatic nitrogens is 2. The third kappa shape index (κ3) is 3.65. The normalized spacial score (nSPS) is 21.5. The molecule has 1 N–H and O–H groups in total. The molecular formula is C20H31N3O3. The Morgan fingerprint density at radius 2 is 2.00 bits per heavy atom. The van der Waals surface area contributed by atoms with E-state index in [4.69, 9.17) is 4.74 Å². The number of aliphatic hydroxyl groups excluding tert-OH is 1. The number of fused-ring (bicyclic) bond motifs is 1. The van der Waals surface area contributed by atoms with Crippen molar-refractivity contribution in [1.82, 2.24) is 14.7 Å². The molecule has 1 saturated heterocycles. The predicted molar refractivity (Wildman–Crippen MR) is 100 cm³/mol. The summed E-state index contributed by atoms with van der Waals surface area (Å²) in [5.41, 5.74) is 2.60. The van der Waals surface area contributed by atoms with Gasteiger partial charge < -0.3 is 14.7 Å². The second kappa shape index (κ2) is 7.06. The van der Waals surface area contributed by atoms with Gasteiger partial charge in [-0.05, 0) is 34.6 Å². The fourth-order valence-electron chi connectivity index (χ4n) is 3.67. The second-order valence-corrected chi connectivity index (χ2v) is 8.30. The van der Waals surface area contributed by atoms with E-state index in [0.717, 1.165) is 18.4 Å². The predicted octanol–water partition coefficient (Wildman–Crippen LogP) is 3.39. The number of ether oxygens (including phenoxy) is 1. The standard InChI is InChI=1S/C20H31N3O3/c1-13(2)15(5)10-18(25)22-8-6-20(7-9-22)11-16(24)19-17(26-20)12-23(21-19)14(3)4/h12,14,16,24H,6-11H2,1-5H3. The first-order valence-electron chi connectivity index (χ1n) is 9.57. The Morgan fingerprint density at radius 3 is 2.58 bits per heavy atom. The van der Waals surface area contributed by atoms with Crippen molar-refractivity contribution in [2.75, 3.05) is 13.1 Å². The third-order valence-electron chi connectivity index (χ3n) is 5.76. The summed E-state index contributed by atoms with van der Waals surface area (Å²) in [5.74, 6) is 0.876. The zero-order chi connectivity index (χ0) is 19.1. The van der Waals surface area contributed by atoms with E-state index in [9.17, 15) is 9.90 Å². The van der Waals surface area contributed by atoms with Gasteiger partial charge in [0.25, 0.3) is 0 Å². The molecule has 6 heteroatoms. The number of nitrogens with zero attached hydrogens (tertiary/aromatic N) is 3. The lowest BCUT2D eigenvalue weighted by Crippen LogP contribution is -2.51. The van der Waals surface area contributed by atoms with Gasteiger partial charge in [-0.1, -0.05) is 11.1 Å². The zero-order valence-corrected chi connectivity index (χ0v) is 16.6. The molecule has 0 radical (unpaired) electrons. The maximum absolute atomic E-state index is 12.5. The molecule has 0 aliphatic carbocycles. The number of aliphatic hydroxyl groups is 1. The summed E-state index contributed by atoms with van der Waals surface area (Å²) in [5, 5.41) is 15.1. The molecule has 1 aromatic heterocycles. The Labute approximate surface area is 155 Å². The molecule has 144 valence electrons. The Balaban J connectivity index is 1.67. The lowest BCUT2D eigenvalue weighted by Gasteiger charge is -2.44. The first-order chi connectivity index (χ1) is 12.2. The molecular weight excluding hydrogens is 330 g/mol. The molecule has 2 aliphatic rings. The number of rotatable bonds is 3. The van der Waals surface area contributed by atoms with E-state index in [1.165, 1.54) is 5.57 Å². The summed E-state index contributed by atoms with van der Waals surface area (Å²) in [7, 11) is 0. The van der Waals surface area contributed by atoms with E-state index in [0.29, 0.717) is 37.4 Å². The first-order valence-corrected chi connectivity index (χ1v) is 9.57. The maximum atomic E-state index is 12.5. The molecule has 0 bridgehead atoms. The minimum Gasteiger partial charge on any atom is -0.483 e. The van der Waals surface area contributed by atoms with Crippen molar-refractivity contribution >= 4 is 5.91 Å². The molecule has 3 rings (SSSR count). The fourth-order valence-corrected chi connectivity index (χ4v) is 3.67. The molecule has 0 aromatic carbocycles. The van der Waals surface area contributed by atoms with Crippen LogP contribution < -0.4 is 4.74 Å². The van der Waals surface area contributed by atoms with Crippen LogP contribution in [-0.2, 0) is 4.79 Å². The quantitative estimate of drug-likeness (QED) is 0.838. The number of carbonyl (C=O) groups excluding carboxylic acids is 1. The van der Waals surface area contributed by atoms with Crippen LogP contribution in [-0.4, -0.2) is 44.4 Å². The van der Waals surface area contributed by atoms with Gasteiger partial charge in [0, 0.05) is 44.8 Å². The van der Waals surface area contributed by atoms with Crippen LogP contribution in [0.3, 0.4) is 0 Å². The molecule has 1 unspecified atom stereocenters. The largest absolute Gasteiger partial charge is 0.483 e. The van der Waals surface area contributed by atoms with E-state index in [2.05, 4.69) is 18.9 Å². The van der Waals surface area contributed by atoms with Crippen LogP contribution in [0.4, 0.5) is 0 Å². The second-order valence-electron chi connectivity index (χ2n) is 8.30. The van der Waals surface area contributed by atoms with Crippen molar-refractivity contribution in [2.24, 2.45) is 0 Å². The van der Waals surface area contributed by atoms with Crippen molar-refractivity contribution in [3.8, 4) is 5.75 Å². The van der Waals surface area contributed by atoms with Crippen molar-refractivity contribution in [3.63, 3.8) is 0 Å². The highest BCUT2D eigenvalue weighted by atomic mass is 16.5. The lowest BCUT2D eigenvalue weighted by molar-refractivity contribution is -0.135. The van der Waals surface area contributed by atoms with Gasteiger partial charge in [0.1, 0.15) is 17.4 Å². The topological polar surface area (TPSA) is 67.6 Å². The molecule has 1 amide bonds. The Hall–Kier alpha value is -1.82. The van der Waals surface area contributed by atoms with Crippen LogP contribution in [0, 0.1) is 0 Å². The average molecular weight is 361 g/mol. The van der Waals surface area contributed by atoms with Crippen LogP contribution in [0.25, 0.3) is 0 Å². The van der Waals surface area contributed by atoms with Crippen LogP contribution in [0.1, 0.15) is 78.1 Å². The first kappa shape index (κ1) is 19.0. The lowest BCUT2D eigenvalue weighted by atomic mass is 9.83. The monoisotopic (exact) mass is 361 g/mol. The van der Waals surface area contributed by atoms with Gasteiger partial charge in [-0.2, -0.15) is 5.10 Å². The smallest absolute Gasteiger partial charge is 0.226 e. The number of allylic oxidation sites excluding steroid dienone is 1. The van der Waals surface area contributed by atoms with Crippen molar-refractivity contribution in [3.05, 3.63) is 23.0 Å². The highest BCUT2D eigenvalue weighted by Gasteiger charge is 2.45. The molecule has 6 nitrogen and oxygen atoms in total. The molecule has 2 aliphatic heterocycles. The Bertz CT molecular complexity index is 708. The van der Waals surface area contributed by atoms with E-state index < -0.39 is 6.10 Å². The molecule has 1 atom stereocenters. The van der Waals surface area contributed by atoms with Crippen LogP contribution >= 0.6 is 0 Å².